The van der Waals surface area contributed by atoms with E-state index >= 15 is 0 Å². The molecule has 1 N–H and O–H groups in total. The highest BCUT2D eigenvalue weighted by molar-refractivity contribution is 5.94. The van der Waals surface area contributed by atoms with E-state index in [0.29, 0.717) is 37.6 Å². The summed E-state index contributed by atoms with van der Waals surface area (Å²) in [6.45, 7) is 12.4. The summed E-state index contributed by atoms with van der Waals surface area (Å²) in [7, 11) is 0. The first-order valence-corrected chi connectivity index (χ1v) is 10.00. The molecular formula is C21H33N3O4. The monoisotopic (exact) mass is 391 g/mol. The molecule has 2 amide bonds. The Balaban J connectivity index is 1.70. The maximum absolute atomic E-state index is 12.3. The minimum atomic E-state index is -0.475. The van der Waals surface area contributed by atoms with Crippen LogP contribution >= 0.6 is 0 Å². The molecule has 0 spiro atoms. The summed E-state index contributed by atoms with van der Waals surface area (Å²) in [5.41, 5.74) is 0.126. The molecule has 1 aromatic rings. The first-order chi connectivity index (χ1) is 13.3. The van der Waals surface area contributed by atoms with Crippen molar-refractivity contribution >= 4 is 12.0 Å². The van der Waals surface area contributed by atoms with Crippen molar-refractivity contribution in [2.24, 2.45) is 0 Å². The molecule has 156 valence electrons. The largest absolute Gasteiger partial charge is 0.494 e. The first kappa shape index (κ1) is 22.0. The van der Waals surface area contributed by atoms with Crippen molar-refractivity contribution in [2.45, 2.75) is 39.7 Å². The van der Waals surface area contributed by atoms with Crippen LogP contribution in [-0.2, 0) is 4.74 Å². The van der Waals surface area contributed by atoms with Crippen LogP contribution in [0.3, 0.4) is 0 Å². The Morgan fingerprint density at radius 1 is 1.14 bits per heavy atom. The fourth-order valence-corrected chi connectivity index (χ4v) is 2.86. The molecule has 0 atom stereocenters. The number of rotatable bonds is 7. The van der Waals surface area contributed by atoms with Gasteiger partial charge in [-0.2, -0.15) is 0 Å². The van der Waals surface area contributed by atoms with E-state index < -0.39 is 5.60 Å². The lowest BCUT2D eigenvalue weighted by Crippen LogP contribution is -2.51. The Bertz CT molecular complexity index is 649. The third-order valence-electron chi connectivity index (χ3n) is 4.31. The minimum Gasteiger partial charge on any atom is -0.494 e. The van der Waals surface area contributed by atoms with Crippen LogP contribution in [-0.4, -0.2) is 73.3 Å². The highest BCUT2D eigenvalue weighted by Gasteiger charge is 2.25. The molecule has 1 saturated heterocycles. The van der Waals surface area contributed by atoms with Crippen LogP contribution in [0.1, 0.15) is 44.5 Å². The van der Waals surface area contributed by atoms with Gasteiger partial charge in [0.15, 0.2) is 0 Å². The zero-order valence-electron chi connectivity index (χ0n) is 17.5. The molecule has 1 fully saturated rings. The van der Waals surface area contributed by atoms with Gasteiger partial charge in [-0.1, -0.05) is 13.0 Å². The molecule has 2 rings (SSSR count). The number of ether oxygens (including phenoxy) is 2. The SMILES string of the molecule is CCCOc1cccc(C(=O)NCCN2CCN(C(=O)OC(C)(C)C)CC2)c1. The Kier molecular flexibility index (Phi) is 8.11. The van der Waals surface area contributed by atoms with E-state index in [4.69, 9.17) is 9.47 Å². The third-order valence-corrected chi connectivity index (χ3v) is 4.31. The van der Waals surface area contributed by atoms with Crippen LogP contribution in [0.25, 0.3) is 0 Å². The van der Waals surface area contributed by atoms with Crippen molar-refractivity contribution in [1.29, 1.82) is 0 Å². The highest BCUT2D eigenvalue weighted by atomic mass is 16.6. The van der Waals surface area contributed by atoms with E-state index in [2.05, 4.69) is 10.2 Å². The lowest BCUT2D eigenvalue weighted by Gasteiger charge is -2.35. The van der Waals surface area contributed by atoms with Crippen LogP contribution in [0, 0.1) is 0 Å². The molecule has 1 heterocycles. The molecule has 0 aromatic heterocycles. The quantitative estimate of drug-likeness (QED) is 0.774. The second-order valence-corrected chi connectivity index (χ2v) is 7.94. The predicted molar refractivity (Wildman–Crippen MR) is 109 cm³/mol. The number of benzene rings is 1. The van der Waals surface area contributed by atoms with Gasteiger partial charge in [0.25, 0.3) is 5.91 Å². The second kappa shape index (κ2) is 10.3. The van der Waals surface area contributed by atoms with Gasteiger partial charge in [-0.15, -0.1) is 0 Å². The number of nitrogens with one attached hydrogen (secondary N) is 1. The van der Waals surface area contributed by atoms with Crippen LogP contribution in [0.5, 0.6) is 5.75 Å². The van der Waals surface area contributed by atoms with E-state index in [0.717, 1.165) is 26.1 Å². The molecule has 1 aromatic carbocycles. The molecule has 7 nitrogen and oxygen atoms in total. The fraction of sp³-hybridized carbons (Fsp3) is 0.619. The molecule has 0 unspecified atom stereocenters. The number of hydrogen-bond acceptors (Lipinski definition) is 5. The zero-order valence-corrected chi connectivity index (χ0v) is 17.5. The van der Waals surface area contributed by atoms with Crippen LogP contribution < -0.4 is 10.1 Å². The summed E-state index contributed by atoms with van der Waals surface area (Å²) < 4.78 is 11.0. The highest BCUT2D eigenvalue weighted by Crippen LogP contribution is 2.14. The van der Waals surface area contributed by atoms with Gasteiger partial charge in [-0.25, -0.2) is 4.79 Å². The summed E-state index contributed by atoms with van der Waals surface area (Å²) in [5, 5.41) is 2.95. The van der Waals surface area contributed by atoms with Gasteiger partial charge in [0.1, 0.15) is 11.4 Å². The second-order valence-electron chi connectivity index (χ2n) is 7.94. The Morgan fingerprint density at radius 3 is 2.50 bits per heavy atom. The van der Waals surface area contributed by atoms with Crippen molar-refractivity contribution in [3.05, 3.63) is 29.8 Å². The zero-order chi connectivity index (χ0) is 20.6. The Labute approximate surface area is 168 Å². The molecule has 28 heavy (non-hydrogen) atoms. The van der Waals surface area contributed by atoms with Crippen molar-refractivity contribution < 1.29 is 19.1 Å². The number of piperazine rings is 1. The van der Waals surface area contributed by atoms with Gasteiger partial charge in [-0.05, 0) is 45.4 Å². The molecule has 0 bridgehead atoms. The maximum Gasteiger partial charge on any atom is 0.410 e. The molecule has 0 saturated carbocycles. The fourth-order valence-electron chi connectivity index (χ4n) is 2.86. The number of amides is 2. The predicted octanol–water partition coefficient (Wildman–Crippen LogP) is 2.76. The van der Waals surface area contributed by atoms with Crippen molar-refractivity contribution in [3.63, 3.8) is 0 Å². The first-order valence-electron chi connectivity index (χ1n) is 10.00. The lowest BCUT2D eigenvalue weighted by molar-refractivity contribution is 0.0147. The number of carbonyl (C=O) groups excluding carboxylic acids is 2. The summed E-state index contributed by atoms with van der Waals surface area (Å²) in [4.78, 5) is 28.4. The van der Waals surface area contributed by atoms with Gasteiger partial charge >= 0.3 is 6.09 Å². The number of carbonyl (C=O) groups is 2. The molecular weight excluding hydrogens is 358 g/mol. The van der Waals surface area contributed by atoms with Gasteiger partial charge in [-0.3, -0.25) is 9.69 Å². The van der Waals surface area contributed by atoms with Crippen molar-refractivity contribution in [2.75, 3.05) is 45.9 Å². The Morgan fingerprint density at radius 2 is 1.86 bits per heavy atom. The standard InChI is InChI=1S/C21H33N3O4/c1-5-15-27-18-8-6-7-17(16-18)19(25)22-9-10-23-11-13-24(14-12-23)20(26)28-21(2,3)4/h6-8,16H,5,9-15H2,1-4H3,(H,22,25). The van der Waals surface area contributed by atoms with E-state index in [9.17, 15) is 9.59 Å². The lowest BCUT2D eigenvalue weighted by atomic mass is 10.2. The number of nitrogens with zero attached hydrogens (tertiary/aromatic N) is 2. The van der Waals surface area contributed by atoms with Crippen LogP contribution in [0.2, 0.25) is 0 Å². The normalized spacial score (nSPS) is 15.2. The minimum absolute atomic E-state index is 0.102. The van der Waals surface area contributed by atoms with Gasteiger partial charge in [0.2, 0.25) is 0 Å². The van der Waals surface area contributed by atoms with Crippen LogP contribution in [0.15, 0.2) is 24.3 Å². The summed E-state index contributed by atoms with van der Waals surface area (Å²) in [6.07, 6.45) is 0.670. The van der Waals surface area contributed by atoms with Crippen molar-refractivity contribution in [3.8, 4) is 5.75 Å². The molecule has 0 radical (unpaired) electrons. The topological polar surface area (TPSA) is 71.1 Å². The smallest absolute Gasteiger partial charge is 0.410 e. The molecule has 1 aliphatic heterocycles. The average Bonchev–Trinajstić information content (AvgIpc) is 2.65. The molecule has 0 aliphatic carbocycles. The van der Waals surface area contributed by atoms with Gasteiger partial charge in [0, 0.05) is 44.8 Å². The summed E-state index contributed by atoms with van der Waals surface area (Å²) in [5.74, 6) is 0.613. The molecule has 1 aliphatic rings. The maximum atomic E-state index is 12.3. The number of hydrogen-bond donors (Lipinski definition) is 1. The van der Waals surface area contributed by atoms with E-state index in [1.54, 1.807) is 17.0 Å². The van der Waals surface area contributed by atoms with E-state index in [1.165, 1.54) is 0 Å². The summed E-state index contributed by atoms with van der Waals surface area (Å²) >= 11 is 0. The Hall–Kier alpha value is -2.28. The van der Waals surface area contributed by atoms with E-state index in [-0.39, 0.29) is 12.0 Å². The third kappa shape index (κ3) is 7.38. The van der Waals surface area contributed by atoms with Crippen molar-refractivity contribution in [1.82, 2.24) is 15.1 Å². The van der Waals surface area contributed by atoms with Gasteiger partial charge < -0.3 is 19.7 Å². The van der Waals surface area contributed by atoms with E-state index in [1.807, 2.05) is 39.8 Å². The summed E-state index contributed by atoms with van der Waals surface area (Å²) in [6, 6.07) is 7.24. The molecule has 7 heteroatoms. The average molecular weight is 392 g/mol. The van der Waals surface area contributed by atoms with Gasteiger partial charge in [0.05, 0.1) is 6.61 Å². The van der Waals surface area contributed by atoms with Crippen LogP contribution in [0.4, 0.5) is 4.79 Å².